The third kappa shape index (κ3) is 4.43. The van der Waals surface area contributed by atoms with Crippen LogP contribution in [0.5, 0.6) is 0 Å². The molecule has 1 aromatic heterocycles. The number of ketones is 1. The van der Waals surface area contributed by atoms with Gasteiger partial charge < -0.3 is 10.2 Å². The monoisotopic (exact) mass is 302 g/mol. The molecule has 4 nitrogen and oxygen atoms in total. The first-order chi connectivity index (χ1) is 10.1. The van der Waals surface area contributed by atoms with E-state index in [4.69, 9.17) is 0 Å². The van der Waals surface area contributed by atoms with Crippen LogP contribution in [0.3, 0.4) is 0 Å². The molecule has 2 rings (SSSR count). The number of amides is 1. The maximum atomic E-state index is 11.9. The van der Waals surface area contributed by atoms with E-state index in [0.717, 1.165) is 11.4 Å². The summed E-state index contributed by atoms with van der Waals surface area (Å²) < 4.78 is 0. The minimum atomic E-state index is -0.143. The molecule has 0 aliphatic heterocycles. The number of carbonyl (C=O) groups excluding carboxylic acids is 2. The maximum absolute atomic E-state index is 11.9. The number of thiophene rings is 1. The Morgan fingerprint density at radius 2 is 1.95 bits per heavy atom. The van der Waals surface area contributed by atoms with E-state index in [1.165, 1.54) is 11.3 Å². The van der Waals surface area contributed by atoms with Gasteiger partial charge in [-0.25, -0.2) is 0 Å². The molecule has 1 aromatic carbocycles. The molecule has 0 saturated heterocycles. The standard InChI is InChI=1S/C16H18N2O2S/c1-18(2)13-6-3-5-12(11-13)17-16(20)9-8-14(19)15-7-4-10-21-15/h3-7,10-11H,8-9H2,1-2H3,(H,17,20). The quantitative estimate of drug-likeness (QED) is 0.832. The summed E-state index contributed by atoms with van der Waals surface area (Å²) in [6.07, 6.45) is 0.433. The lowest BCUT2D eigenvalue weighted by Crippen LogP contribution is -2.14. The summed E-state index contributed by atoms with van der Waals surface area (Å²) in [5.41, 5.74) is 1.76. The molecule has 0 fully saturated rings. The number of benzene rings is 1. The summed E-state index contributed by atoms with van der Waals surface area (Å²) in [7, 11) is 3.89. The second-order valence-electron chi connectivity index (χ2n) is 4.89. The van der Waals surface area contributed by atoms with Gasteiger partial charge in [0.05, 0.1) is 4.88 Å². The van der Waals surface area contributed by atoms with Gasteiger partial charge in [-0.1, -0.05) is 12.1 Å². The number of nitrogens with zero attached hydrogens (tertiary/aromatic N) is 1. The van der Waals surface area contributed by atoms with E-state index in [-0.39, 0.29) is 24.5 Å². The normalized spacial score (nSPS) is 10.2. The average molecular weight is 302 g/mol. The molecule has 21 heavy (non-hydrogen) atoms. The molecule has 0 unspecified atom stereocenters. The first-order valence-electron chi connectivity index (χ1n) is 6.70. The fourth-order valence-corrected chi connectivity index (χ4v) is 2.57. The number of hydrogen-bond donors (Lipinski definition) is 1. The minimum absolute atomic E-state index is 0.0159. The smallest absolute Gasteiger partial charge is 0.224 e. The van der Waals surface area contributed by atoms with Gasteiger partial charge in [0.25, 0.3) is 0 Å². The van der Waals surface area contributed by atoms with Crippen LogP contribution in [0.4, 0.5) is 11.4 Å². The van der Waals surface area contributed by atoms with Crippen LogP contribution in [-0.2, 0) is 4.79 Å². The first kappa shape index (κ1) is 15.3. The van der Waals surface area contributed by atoms with E-state index in [1.807, 2.05) is 54.7 Å². The van der Waals surface area contributed by atoms with E-state index in [2.05, 4.69) is 5.32 Å². The summed E-state index contributed by atoms with van der Waals surface area (Å²) in [4.78, 5) is 26.4. The molecular weight excluding hydrogens is 284 g/mol. The molecule has 110 valence electrons. The third-order valence-corrected chi connectivity index (χ3v) is 3.93. The van der Waals surface area contributed by atoms with Gasteiger partial charge >= 0.3 is 0 Å². The molecule has 0 bridgehead atoms. The number of hydrogen-bond acceptors (Lipinski definition) is 4. The molecular formula is C16H18N2O2S. The highest BCUT2D eigenvalue weighted by atomic mass is 32.1. The lowest BCUT2D eigenvalue weighted by Gasteiger charge is -2.13. The van der Waals surface area contributed by atoms with Gasteiger partial charge in [-0.2, -0.15) is 0 Å². The first-order valence-corrected chi connectivity index (χ1v) is 7.58. The number of Topliss-reactive ketones (excluding diaryl/α,β-unsaturated/α-hetero) is 1. The predicted octanol–water partition coefficient (Wildman–Crippen LogP) is 3.42. The third-order valence-electron chi connectivity index (χ3n) is 3.02. The Balaban J connectivity index is 1.87. The van der Waals surface area contributed by atoms with Gasteiger partial charge in [0, 0.05) is 38.3 Å². The molecule has 1 N–H and O–H groups in total. The Morgan fingerprint density at radius 3 is 2.62 bits per heavy atom. The van der Waals surface area contributed by atoms with Crippen molar-refractivity contribution in [2.75, 3.05) is 24.3 Å². The second-order valence-corrected chi connectivity index (χ2v) is 5.84. The topological polar surface area (TPSA) is 49.4 Å². The molecule has 0 saturated carbocycles. The summed E-state index contributed by atoms with van der Waals surface area (Å²) in [6.45, 7) is 0. The molecule has 1 amide bonds. The maximum Gasteiger partial charge on any atom is 0.224 e. The van der Waals surface area contributed by atoms with E-state index in [9.17, 15) is 9.59 Å². The molecule has 0 aliphatic rings. The van der Waals surface area contributed by atoms with Crippen molar-refractivity contribution in [2.24, 2.45) is 0 Å². The highest BCUT2D eigenvalue weighted by Crippen LogP contribution is 2.18. The Bertz CT molecular complexity index is 621. The number of rotatable bonds is 6. The highest BCUT2D eigenvalue weighted by molar-refractivity contribution is 7.12. The number of carbonyl (C=O) groups is 2. The zero-order valence-corrected chi connectivity index (χ0v) is 12.9. The van der Waals surface area contributed by atoms with Gasteiger partial charge in [0.1, 0.15) is 0 Å². The van der Waals surface area contributed by atoms with Crippen molar-refractivity contribution < 1.29 is 9.59 Å². The number of anilines is 2. The van der Waals surface area contributed by atoms with E-state index < -0.39 is 0 Å². The van der Waals surface area contributed by atoms with Crippen LogP contribution in [0.1, 0.15) is 22.5 Å². The summed E-state index contributed by atoms with van der Waals surface area (Å²) in [5, 5.41) is 4.68. The van der Waals surface area contributed by atoms with Crippen molar-refractivity contribution in [2.45, 2.75) is 12.8 Å². The van der Waals surface area contributed by atoms with Crippen LogP contribution in [0, 0.1) is 0 Å². The van der Waals surface area contributed by atoms with Crippen LogP contribution < -0.4 is 10.2 Å². The fourth-order valence-electron chi connectivity index (χ4n) is 1.87. The highest BCUT2D eigenvalue weighted by Gasteiger charge is 2.10. The van der Waals surface area contributed by atoms with E-state index in [1.54, 1.807) is 6.07 Å². The summed E-state index contributed by atoms with van der Waals surface area (Å²) in [6, 6.07) is 11.2. The molecule has 2 aromatic rings. The SMILES string of the molecule is CN(C)c1cccc(NC(=O)CCC(=O)c2cccs2)c1. The van der Waals surface area contributed by atoms with Gasteiger partial charge in [0.2, 0.25) is 5.91 Å². The zero-order valence-electron chi connectivity index (χ0n) is 12.1. The van der Waals surface area contributed by atoms with Crippen LogP contribution in [-0.4, -0.2) is 25.8 Å². The fraction of sp³-hybridized carbons (Fsp3) is 0.250. The Hall–Kier alpha value is -2.14. The van der Waals surface area contributed by atoms with Gasteiger partial charge in [-0.15, -0.1) is 11.3 Å². The van der Waals surface area contributed by atoms with Gasteiger partial charge in [-0.3, -0.25) is 9.59 Å². The molecule has 5 heteroatoms. The van der Waals surface area contributed by atoms with Gasteiger partial charge in [-0.05, 0) is 29.6 Å². The van der Waals surface area contributed by atoms with Crippen LogP contribution in [0.15, 0.2) is 41.8 Å². The molecule has 0 aliphatic carbocycles. The molecule has 0 atom stereocenters. The van der Waals surface area contributed by atoms with Crippen molar-refractivity contribution in [1.82, 2.24) is 0 Å². The van der Waals surface area contributed by atoms with Crippen molar-refractivity contribution in [3.8, 4) is 0 Å². The van der Waals surface area contributed by atoms with Crippen molar-refractivity contribution in [3.63, 3.8) is 0 Å². The lowest BCUT2D eigenvalue weighted by molar-refractivity contribution is -0.116. The summed E-state index contributed by atoms with van der Waals surface area (Å²) >= 11 is 1.41. The van der Waals surface area contributed by atoms with E-state index in [0.29, 0.717) is 4.88 Å². The molecule has 0 radical (unpaired) electrons. The van der Waals surface area contributed by atoms with Crippen LogP contribution in [0.25, 0.3) is 0 Å². The van der Waals surface area contributed by atoms with Crippen LogP contribution >= 0.6 is 11.3 Å². The van der Waals surface area contributed by atoms with Crippen molar-refractivity contribution >= 4 is 34.4 Å². The number of nitrogens with one attached hydrogen (secondary N) is 1. The Morgan fingerprint density at radius 1 is 1.14 bits per heavy atom. The zero-order chi connectivity index (χ0) is 15.2. The largest absolute Gasteiger partial charge is 0.378 e. The van der Waals surface area contributed by atoms with Crippen molar-refractivity contribution in [3.05, 3.63) is 46.7 Å². The molecule has 0 spiro atoms. The lowest BCUT2D eigenvalue weighted by atomic mass is 10.2. The Kier molecular flexibility index (Phi) is 5.11. The Labute approximate surface area is 128 Å². The van der Waals surface area contributed by atoms with Crippen molar-refractivity contribution in [1.29, 1.82) is 0 Å². The summed E-state index contributed by atoms with van der Waals surface area (Å²) in [5.74, 6) is -0.127. The van der Waals surface area contributed by atoms with Gasteiger partial charge in [0.15, 0.2) is 5.78 Å². The predicted molar refractivity (Wildman–Crippen MR) is 87.3 cm³/mol. The molecule has 1 heterocycles. The average Bonchev–Trinajstić information content (AvgIpc) is 2.99. The minimum Gasteiger partial charge on any atom is -0.378 e. The van der Waals surface area contributed by atoms with Crippen LogP contribution in [0.2, 0.25) is 0 Å². The van der Waals surface area contributed by atoms with E-state index >= 15 is 0 Å². The second kappa shape index (κ2) is 7.04.